The van der Waals surface area contributed by atoms with Crippen LogP contribution in [-0.2, 0) is 0 Å². The molecule has 9 aromatic rings. The second-order valence-electron chi connectivity index (χ2n) is 13.0. The molecule has 0 saturated carbocycles. The van der Waals surface area contributed by atoms with Crippen LogP contribution >= 0.6 is 11.3 Å². The Morgan fingerprint density at radius 2 is 1.19 bits per heavy atom. The Morgan fingerprint density at radius 3 is 1.96 bits per heavy atom. The summed E-state index contributed by atoms with van der Waals surface area (Å²) in [5.74, 6) is 0. The Labute approximate surface area is 307 Å². The summed E-state index contributed by atoms with van der Waals surface area (Å²) in [6, 6.07) is 58.2. The summed E-state index contributed by atoms with van der Waals surface area (Å²) < 4.78 is 8.73. The molecular weight excluding hydrogens is 651 g/mol. The molecule has 0 fully saturated rings. The highest BCUT2D eigenvalue weighted by atomic mass is 32.1. The fraction of sp³-hybridized carbons (Fsp3) is 0.0204. The first-order chi connectivity index (χ1) is 25.6. The van der Waals surface area contributed by atoms with Crippen molar-refractivity contribution in [2.24, 2.45) is 0 Å². The van der Waals surface area contributed by atoms with Gasteiger partial charge in [-0.3, -0.25) is 0 Å². The maximum Gasteiger partial charge on any atom is 0.135 e. The van der Waals surface area contributed by atoms with Crippen LogP contribution in [0.25, 0.3) is 69.9 Å². The van der Waals surface area contributed by atoms with Crippen molar-refractivity contribution in [3.05, 3.63) is 200 Å². The maximum absolute atomic E-state index is 6.09. The molecule has 0 aliphatic rings. The van der Waals surface area contributed by atoms with Crippen molar-refractivity contribution in [2.45, 2.75) is 6.92 Å². The van der Waals surface area contributed by atoms with Gasteiger partial charge in [-0.25, -0.2) is 0 Å². The van der Waals surface area contributed by atoms with Crippen LogP contribution in [0.1, 0.15) is 12.5 Å². The predicted molar refractivity (Wildman–Crippen MR) is 224 cm³/mol. The van der Waals surface area contributed by atoms with Gasteiger partial charge >= 0.3 is 0 Å². The van der Waals surface area contributed by atoms with E-state index in [1.54, 1.807) is 0 Å². The summed E-state index contributed by atoms with van der Waals surface area (Å²) in [5, 5.41) is 4.85. The van der Waals surface area contributed by atoms with Crippen molar-refractivity contribution in [1.82, 2.24) is 0 Å². The number of thiophene rings is 1. The van der Waals surface area contributed by atoms with Crippen molar-refractivity contribution < 1.29 is 4.42 Å². The number of fused-ring (bicyclic) bond motifs is 6. The zero-order valence-corrected chi connectivity index (χ0v) is 29.6. The van der Waals surface area contributed by atoms with Crippen molar-refractivity contribution in [3.8, 4) is 22.3 Å². The smallest absolute Gasteiger partial charge is 0.135 e. The molecule has 0 aliphatic carbocycles. The molecular formula is C49H35NOS. The number of furan rings is 1. The van der Waals surface area contributed by atoms with Crippen molar-refractivity contribution in [1.29, 1.82) is 0 Å². The Hall–Kier alpha value is -6.42. The van der Waals surface area contributed by atoms with Gasteiger partial charge in [0.25, 0.3) is 0 Å². The molecule has 2 aromatic heterocycles. The lowest BCUT2D eigenvalue weighted by molar-refractivity contribution is 0.669. The lowest BCUT2D eigenvalue weighted by atomic mass is 10.0. The second-order valence-corrected chi connectivity index (χ2v) is 14.1. The van der Waals surface area contributed by atoms with Gasteiger partial charge in [0.1, 0.15) is 11.2 Å². The fourth-order valence-electron chi connectivity index (χ4n) is 7.23. The minimum atomic E-state index is 0.886. The highest BCUT2D eigenvalue weighted by molar-refractivity contribution is 7.26. The zero-order valence-electron chi connectivity index (χ0n) is 28.8. The number of para-hydroxylation sites is 1. The molecule has 2 nitrogen and oxygen atoms in total. The molecule has 0 radical (unpaired) electrons. The molecule has 0 spiro atoms. The topological polar surface area (TPSA) is 16.4 Å². The molecule has 0 aliphatic heterocycles. The molecule has 2 heterocycles. The normalized spacial score (nSPS) is 12.2. The van der Waals surface area contributed by atoms with Gasteiger partial charge < -0.3 is 9.32 Å². The summed E-state index contributed by atoms with van der Waals surface area (Å²) in [7, 11) is 0. The third-order valence-corrected chi connectivity index (χ3v) is 11.1. The van der Waals surface area contributed by atoms with Crippen LogP contribution in [0.4, 0.5) is 11.4 Å². The minimum Gasteiger partial charge on any atom is -0.456 e. The second kappa shape index (κ2) is 13.4. The first-order valence-electron chi connectivity index (χ1n) is 17.5. The standard InChI is InChI=1S/C49H35NOS/c1-3-34(38-26-31-47-45(32-38)42-14-7-9-18-46(42)51-47)21-20-33(2)50(39-27-22-36(23-28-39)35-12-5-4-6-13-35)40-29-24-37(25-30-40)41-16-11-17-44-43-15-8-10-19-48(43)52-49(41)44/h3-32H,1H2,2H3/b33-20+,34-21+. The fourth-order valence-corrected chi connectivity index (χ4v) is 8.47. The summed E-state index contributed by atoms with van der Waals surface area (Å²) in [4.78, 5) is 2.32. The average molecular weight is 686 g/mol. The lowest BCUT2D eigenvalue weighted by Gasteiger charge is -2.26. The van der Waals surface area contributed by atoms with Gasteiger partial charge in [0.2, 0.25) is 0 Å². The van der Waals surface area contributed by atoms with Crippen LogP contribution in [-0.4, -0.2) is 0 Å². The molecule has 0 N–H and O–H groups in total. The molecule has 9 rings (SSSR count). The van der Waals surface area contributed by atoms with Crippen LogP contribution in [0.5, 0.6) is 0 Å². The van der Waals surface area contributed by atoms with E-state index >= 15 is 0 Å². The number of hydrogen-bond donors (Lipinski definition) is 0. The van der Waals surface area contributed by atoms with E-state index in [1.807, 2.05) is 29.5 Å². The molecule has 0 unspecified atom stereocenters. The Kier molecular flexibility index (Phi) is 8.11. The molecule has 0 atom stereocenters. The van der Waals surface area contributed by atoms with Crippen LogP contribution in [0, 0.1) is 0 Å². The summed E-state index contributed by atoms with van der Waals surface area (Å²) in [5.41, 5.74) is 12.0. The maximum atomic E-state index is 6.09. The third-order valence-electron chi connectivity index (χ3n) is 9.86. The number of rotatable bonds is 8. The summed E-state index contributed by atoms with van der Waals surface area (Å²) in [6.07, 6.45) is 6.27. The van der Waals surface area contributed by atoms with E-state index in [1.165, 1.54) is 42.4 Å². The quantitative estimate of drug-likeness (QED) is 0.148. The van der Waals surface area contributed by atoms with Gasteiger partial charge in [-0.05, 0) is 94.9 Å². The Bertz CT molecular complexity index is 2800. The van der Waals surface area contributed by atoms with Gasteiger partial charge in [-0.2, -0.15) is 0 Å². The van der Waals surface area contributed by atoms with Crippen molar-refractivity contribution >= 4 is 70.4 Å². The average Bonchev–Trinajstić information content (AvgIpc) is 3.78. The van der Waals surface area contributed by atoms with Gasteiger partial charge in [0.05, 0.1) is 0 Å². The Balaban J connectivity index is 1.11. The Morgan fingerprint density at radius 1 is 0.558 bits per heavy atom. The highest BCUT2D eigenvalue weighted by Crippen LogP contribution is 2.41. The van der Waals surface area contributed by atoms with Gasteiger partial charge in [0, 0.05) is 48.0 Å². The minimum absolute atomic E-state index is 0.886. The van der Waals surface area contributed by atoms with E-state index < -0.39 is 0 Å². The van der Waals surface area contributed by atoms with E-state index in [0.717, 1.165) is 50.1 Å². The van der Waals surface area contributed by atoms with E-state index in [0.29, 0.717) is 0 Å². The van der Waals surface area contributed by atoms with Gasteiger partial charge in [-0.15, -0.1) is 11.3 Å². The largest absolute Gasteiger partial charge is 0.456 e. The van der Waals surface area contributed by atoms with E-state index in [-0.39, 0.29) is 0 Å². The first kappa shape index (κ1) is 31.6. The first-order valence-corrected chi connectivity index (χ1v) is 18.4. The van der Waals surface area contributed by atoms with Crippen LogP contribution < -0.4 is 4.90 Å². The summed E-state index contributed by atoms with van der Waals surface area (Å²) in [6.45, 7) is 6.35. The molecule has 3 heteroatoms. The molecule has 0 saturated heterocycles. The molecule has 7 aromatic carbocycles. The van der Waals surface area contributed by atoms with Gasteiger partial charge in [0.15, 0.2) is 0 Å². The number of anilines is 2. The van der Waals surface area contributed by atoms with Crippen LogP contribution in [0.15, 0.2) is 199 Å². The van der Waals surface area contributed by atoms with Crippen LogP contribution in [0.2, 0.25) is 0 Å². The number of hydrogen-bond acceptors (Lipinski definition) is 3. The van der Waals surface area contributed by atoms with Gasteiger partial charge in [-0.1, -0.05) is 134 Å². The highest BCUT2D eigenvalue weighted by Gasteiger charge is 2.15. The van der Waals surface area contributed by atoms with E-state index in [4.69, 9.17) is 4.42 Å². The predicted octanol–water partition coefficient (Wildman–Crippen LogP) is 14.6. The molecule has 248 valence electrons. The lowest BCUT2D eigenvalue weighted by Crippen LogP contribution is -2.14. The van der Waals surface area contributed by atoms with Crippen molar-refractivity contribution in [2.75, 3.05) is 4.90 Å². The van der Waals surface area contributed by atoms with E-state index in [2.05, 4.69) is 182 Å². The van der Waals surface area contributed by atoms with Crippen molar-refractivity contribution in [3.63, 3.8) is 0 Å². The summed E-state index contributed by atoms with van der Waals surface area (Å²) >= 11 is 1.87. The molecule has 0 bridgehead atoms. The van der Waals surface area contributed by atoms with Crippen LogP contribution in [0.3, 0.4) is 0 Å². The zero-order chi connectivity index (χ0) is 35.0. The van der Waals surface area contributed by atoms with E-state index in [9.17, 15) is 0 Å². The number of allylic oxidation sites excluding steroid dienone is 5. The number of nitrogens with zero attached hydrogens (tertiary/aromatic N) is 1. The third kappa shape index (κ3) is 5.72. The number of benzene rings is 7. The molecule has 52 heavy (non-hydrogen) atoms. The monoisotopic (exact) mass is 685 g/mol. The SMILES string of the molecule is C=C/C(=C\C=C(/C)N(c1ccc(-c2ccccc2)cc1)c1ccc(-c2cccc3c2sc2ccccc23)cc1)c1ccc2oc3ccccc3c2c1. The molecule has 0 amide bonds.